The molecule has 0 amide bonds. The van der Waals surface area contributed by atoms with Gasteiger partial charge in [-0.05, 0) is 26.0 Å². The van der Waals surface area contributed by atoms with E-state index in [2.05, 4.69) is 35.2 Å². The Hall–Kier alpha value is -1.68. The summed E-state index contributed by atoms with van der Waals surface area (Å²) in [6.45, 7) is 0.847. The van der Waals surface area contributed by atoms with E-state index in [9.17, 15) is 4.79 Å². The molecular weight excluding hydrogens is 250 g/mol. The van der Waals surface area contributed by atoms with Crippen LogP contribution in [0.1, 0.15) is 31.4 Å². The van der Waals surface area contributed by atoms with Crippen molar-refractivity contribution in [2.75, 3.05) is 7.05 Å². The van der Waals surface area contributed by atoms with Crippen LogP contribution in [0, 0.1) is 0 Å². The van der Waals surface area contributed by atoms with E-state index in [0.29, 0.717) is 11.8 Å². The van der Waals surface area contributed by atoms with E-state index in [1.807, 2.05) is 17.8 Å². The van der Waals surface area contributed by atoms with Crippen molar-refractivity contribution < 1.29 is 4.79 Å². The summed E-state index contributed by atoms with van der Waals surface area (Å²) < 4.78 is 1.95. The van der Waals surface area contributed by atoms with Crippen LogP contribution in [-0.4, -0.2) is 33.6 Å². The molecule has 1 aromatic carbocycles. The van der Waals surface area contributed by atoms with Gasteiger partial charge in [-0.3, -0.25) is 14.4 Å². The molecule has 1 aliphatic rings. The Bertz CT molecular complexity index is 622. The zero-order chi connectivity index (χ0) is 14.1. The van der Waals surface area contributed by atoms with Crippen molar-refractivity contribution in [2.45, 2.75) is 38.3 Å². The Labute approximate surface area is 119 Å². The summed E-state index contributed by atoms with van der Waals surface area (Å²) in [5, 5.41) is 5.88. The first-order valence-electron chi connectivity index (χ1n) is 7.27. The summed E-state index contributed by atoms with van der Waals surface area (Å²) in [5.41, 5.74) is 2.30. The lowest BCUT2D eigenvalue weighted by atomic mass is 9.93. The zero-order valence-electron chi connectivity index (χ0n) is 12.2. The van der Waals surface area contributed by atoms with Crippen molar-refractivity contribution in [1.29, 1.82) is 0 Å². The average molecular weight is 271 g/mol. The largest absolute Gasteiger partial charge is 0.300 e. The SMILES string of the molecule is CN(Cc1nn(C)c2ccccc12)C1CCC(=O)CC1. The Balaban J connectivity index is 1.77. The molecular formula is C16H21N3O. The van der Waals surface area contributed by atoms with Crippen LogP contribution in [0.15, 0.2) is 24.3 Å². The zero-order valence-corrected chi connectivity index (χ0v) is 12.2. The van der Waals surface area contributed by atoms with Gasteiger partial charge in [0, 0.05) is 37.9 Å². The molecule has 0 unspecified atom stereocenters. The van der Waals surface area contributed by atoms with E-state index in [1.165, 1.54) is 10.9 Å². The molecule has 1 fully saturated rings. The number of Topliss-reactive ketones (excluding diaryl/α,β-unsaturated/α-hetero) is 1. The number of para-hydroxylation sites is 1. The van der Waals surface area contributed by atoms with Crippen LogP contribution in [0.4, 0.5) is 0 Å². The molecule has 20 heavy (non-hydrogen) atoms. The van der Waals surface area contributed by atoms with E-state index in [1.54, 1.807) is 0 Å². The Kier molecular flexibility index (Phi) is 3.57. The van der Waals surface area contributed by atoms with E-state index in [0.717, 1.165) is 37.9 Å². The predicted octanol–water partition coefficient (Wildman–Crippen LogP) is 2.52. The summed E-state index contributed by atoms with van der Waals surface area (Å²) in [7, 11) is 4.13. The fourth-order valence-electron chi connectivity index (χ4n) is 3.14. The number of carbonyl (C=O) groups is 1. The molecule has 0 spiro atoms. The van der Waals surface area contributed by atoms with Crippen LogP contribution in [0.2, 0.25) is 0 Å². The van der Waals surface area contributed by atoms with Gasteiger partial charge in [0.1, 0.15) is 5.78 Å². The maximum atomic E-state index is 11.3. The van der Waals surface area contributed by atoms with Gasteiger partial charge in [-0.1, -0.05) is 18.2 Å². The molecule has 0 atom stereocenters. The lowest BCUT2D eigenvalue weighted by Crippen LogP contribution is -2.35. The number of aromatic nitrogens is 2. The van der Waals surface area contributed by atoms with Gasteiger partial charge in [-0.15, -0.1) is 0 Å². The number of benzene rings is 1. The van der Waals surface area contributed by atoms with Crippen molar-refractivity contribution in [3.05, 3.63) is 30.0 Å². The first kappa shape index (κ1) is 13.3. The monoisotopic (exact) mass is 271 g/mol. The third-order valence-corrected chi connectivity index (χ3v) is 4.37. The minimum atomic E-state index is 0.415. The van der Waals surface area contributed by atoms with Gasteiger partial charge < -0.3 is 0 Å². The standard InChI is InChI=1S/C16H21N3O/c1-18(12-7-9-13(20)10-8-12)11-15-14-5-3-4-6-16(14)19(2)17-15/h3-6,12H,7-11H2,1-2H3. The number of carbonyl (C=O) groups excluding carboxylic acids is 1. The molecule has 0 N–H and O–H groups in total. The minimum absolute atomic E-state index is 0.415. The molecule has 1 heterocycles. The van der Waals surface area contributed by atoms with E-state index >= 15 is 0 Å². The quantitative estimate of drug-likeness (QED) is 0.861. The number of rotatable bonds is 3. The minimum Gasteiger partial charge on any atom is -0.300 e. The predicted molar refractivity (Wildman–Crippen MR) is 79.4 cm³/mol. The third-order valence-electron chi connectivity index (χ3n) is 4.37. The molecule has 2 aromatic rings. The number of aryl methyl sites for hydroxylation is 1. The smallest absolute Gasteiger partial charge is 0.133 e. The molecule has 1 aliphatic carbocycles. The van der Waals surface area contributed by atoms with Crippen LogP contribution in [0.5, 0.6) is 0 Å². The second-order valence-electron chi connectivity index (χ2n) is 5.77. The van der Waals surface area contributed by atoms with Crippen molar-refractivity contribution in [3.63, 3.8) is 0 Å². The van der Waals surface area contributed by atoms with Crippen LogP contribution in [-0.2, 0) is 18.4 Å². The van der Waals surface area contributed by atoms with E-state index in [4.69, 9.17) is 0 Å². The van der Waals surface area contributed by atoms with Crippen LogP contribution in [0.3, 0.4) is 0 Å². The number of nitrogens with zero attached hydrogens (tertiary/aromatic N) is 3. The van der Waals surface area contributed by atoms with Gasteiger partial charge in [0.25, 0.3) is 0 Å². The Morgan fingerprint density at radius 1 is 1.30 bits per heavy atom. The van der Waals surface area contributed by atoms with Gasteiger partial charge >= 0.3 is 0 Å². The molecule has 0 saturated heterocycles. The van der Waals surface area contributed by atoms with Crippen molar-refractivity contribution in [2.24, 2.45) is 7.05 Å². The molecule has 1 saturated carbocycles. The number of fused-ring (bicyclic) bond motifs is 1. The molecule has 4 heteroatoms. The van der Waals surface area contributed by atoms with E-state index < -0.39 is 0 Å². The number of hydrogen-bond donors (Lipinski definition) is 0. The van der Waals surface area contributed by atoms with Crippen molar-refractivity contribution in [3.8, 4) is 0 Å². The molecule has 0 bridgehead atoms. The van der Waals surface area contributed by atoms with Crippen molar-refractivity contribution >= 4 is 16.7 Å². The highest BCUT2D eigenvalue weighted by atomic mass is 16.1. The molecule has 0 aliphatic heterocycles. The van der Waals surface area contributed by atoms with E-state index in [-0.39, 0.29) is 0 Å². The maximum Gasteiger partial charge on any atom is 0.133 e. The number of hydrogen-bond acceptors (Lipinski definition) is 3. The fourth-order valence-corrected chi connectivity index (χ4v) is 3.14. The number of ketones is 1. The van der Waals surface area contributed by atoms with Crippen molar-refractivity contribution in [1.82, 2.24) is 14.7 Å². The highest BCUT2D eigenvalue weighted by Crippen LogP contribution is 2.23. The maximum absolute atomic E-state index is 11.3. The Morgan fingerprint density at radius 3 is 2.75 bits per heavy atom. The molecule has 0 radical (unpaired) electrons. The molecule has 3 rings (SSSR count). The molecule has 1 aromatic heterocycles. The average Bonchev–Trinajstić information content (AvgIpc) is 2.77. The third kappa shape index (κ3) is 2.48. The first-order valence-corrected chi connectivity index (χ1v) is 7.27. The highest BCUT2D eigenvalue weighted by molar-refractivity contribution is 5.81. The topological polar surface area (TPSA) is 38.1 Å². The summed E-state index contributed by atoms with van der Waals surface area (Å²) in [6, 6.07) is 8.85. The van der Waals surface area contributed by atoms with Gasteiger partial charge in [0.15, 0.2) is 0 Å². The second-order valence-corrected chi connectivity index (χ2v) is 5.77. The first-order chi connectivity index (χ1) is 9.65. The Morgan fingerprint density at radius 2 is 2.00 bits per heavy atom. The van der Waals surface area contributed by atoms with Gasteiger partial charge in [-0.2, -0.15) is 5.10 Å². The lowest BCUT2D eigenvalue weighted by Gasteiger charge is -2.30. The van der Waals surface area contributed by atoms with Crippen LogP contribution < -0.4 is 0 Å². The summed E-state index contributed by atoms with van der Waals surface area (Å²) in [5.74, 6) is 0.415. The summed E-state index contributed by atoms with van der Waals surface area (Å²) >= 11 is 0. The molecule has 106 valence electrons. The molecule has 4 nitrogen and oxygen atoms in total. The van der Waals surface area contributed by atoms with Crippen LogP contribution >= 0.6 is 0 Å². The second kappa shape index (κ2) is 5.37. The normalized spacial score (nSPS) is 17.2. The summed E-state index contributed by atoms with van der Waals surface area (Å²) in [6.07, 6.45) is 3.44. The fraction of sp³-hybridized carbons (Fsp3) is 0.500. The van der Waals surface area contributed by atoms with Gasteiger partial charge in [0.05, 0.1) is 11.2 Å². The van der Waals surface area contributed by atoms with Gasteiger partial charge in [0.2, 0.25) is 0 Å². The van der Waals surface area contributed by atoms with Gasteiger partial charge in [-0.25, -0.2) is 0 Å². The summed E-state index contributed by atoms with van der Waals surface area (Å²) in [4.78, 5) is 13.7. The lowest BCUT2D eigenvalue weighted by molar-refractivity contribution is -0.121. The van der Waals surface area contributed by atoms with Crippen LogP contribution in [0.25, 0.3) is 10.9 Å². The highest BCUT2D eigenvalue weighted by Gasteiger charge is 2.23.